The Bertz CT molecular complexity index is 1120. The van der Waals surface area contributed by atoms with Crippen LogP contribution in [0.3, 0.4) is 0 Å². The van der Waals surface area contributed by atoms with E-state index in [2.05, 4.69) is 27.3 Å². The van der Waals surface area contributed by atoms with Gasteiger partial charge in [-0.2, -0.15) is 13.5 Å². The lowest BCUT2D eigenvalue weighted by Crippen LogP contribution is -2.41. The van der Waals surface area contributed by atoms with Crippen molar-refractivity contribution >= 4 is 30.3 Å². The maximum Gasteiger partial charge on any atom is 0.248 e. The average Bonchev–Trinajstić information content (AvgIpc) is 3.43. The number of pyridine rings is 1. The summed E-state index contributed by atoms with van der Waals surface area (Å²) in [6.45, 7) is 3.04. The maximum atomic E-state index is 13.5. The second-order valence-corrected chi connectivity index (χ2v) is 8.65. The van der Waals surface area contributed by atoms with Gasteiger partial charge in [-0.05, 0) is 67.4 Å². The van der Waals surface area contributed by atoms with Crippen LogP contribution < -0.4 is 10.9 Å². The summed E-state index contributed by atoms with van der Waals surface area (Å²) in [6.07, 6.45) is 4.14. The van der Waals surface area contributed by atoms with E-state index in [9.17, 15) is 9.59 Å². The molecule has 2 N–H and O–H groups in total. The quantitative estimate of drug-likeness (QED) is 0.622. The van der Waals surface area contributed by atoms with Crippen molar-refractivity contribution in [1.29, 1.82) is 0 Å². The molecule has 1 atom stereocenters. The van der Waals surface area contributed by atoms with Crippen molar-refractivity contribution in [2.45, 2.75) is 37.1 Å². The van der Waals surface area contributed by atoms with E-state index < -0.39 is 5.41 Å². The largest absolute Gasteiger partial charge is 0.347 e. The summed E-state index contributed by atoms with van der Waals surface area (Å²) in [5.74, 6) is 0.0909. The molecule has 0 bridgehead atoms. The number of amides is 1. The van der Waals surface area contributed by atoms with Crippen LogP contribution >= 0.6 is 13.5 Å². The number of carbonyl (C=O) groups is 1. The van der Waals surface area contributed by atoms with Gasteiger partial charge in [-0.1, -0.05) is 42.5 Å². The number of aromatic nitrogens is 1. The predicted molar refractivity (Wildman–Crippen MR) is 129 cm³/mol. The minimum atomic E-state index is -0.487. The highest BCUT2D eigenvalue weighted by molar-refractivity contribution is 7.59. The van der Waals surface area contributed by atoms with Crippen LogP contribution in [0, 0.1) is 0 Å². The fourth-order valence-electron chi connectivity index (χ4n) is 4.66. The Kier molecular flexibility index (Phi) is 6.21. The average molecular weight is 436 g/mol. The van der Waals surface area contributed by atoms with Gasteiger partial charge in [0.1, 0.15) is 0 Å². The molecule has 2 fully saturated rings. The SMILES string of the molecule is O=C(N[C@H](CN1CCCC1)c1ccccc1)C1(c2ccc3ccc(=O)[nH]c3c2)CC1.S. The molecule has 2 heterocycles. The number of hydrogen-bond donors (Lipinski definition) is 2. The fraction of sp³-hybridized carbons (Fsp3) is 0.360. The third-order valence-corrected chi connectivity index (χ3v) is 6.61. The molecule has 2 aliphatic rings. The molecule has 1 aromatic heterocycles. The van der Waals surface area contributed by atoms with E-state index in [0.717, 1.165) is 54.5 Å². The van der Waals surface area contributed by atoms with Gasteiger partial charge in [0.15, 0.2) is 0 Å². The summed E-state index contributed by atoms with van der Waals surface area (Å²) in [4.78, 5) is 30.5. The van der Waals surface area contributed by atoms with Gasteiger partial charge in [-0.25, -0.2) is 0 Å². The first-order valence-corrected chi connectivity index (χ1v) is 10.9. The Hall–Kier alpha value is -2.57. The van der Waals surface area contributed by atoms with Crippen molar-refractivity contribution in [2.24, 2.45) is 0 Å². The first-order valence-electron chi connectivity index (χ1n) is 10.9. The zero-order valence-corrected chi connectivity index (χ0v) is 18.6. The van der Waals surface area contributed by atoms with Crippen LogP contribution in [-0.4, -0.2) is 35.4 Å². The minimum Gasteiger partial charge on any atom is -0.347 e. The van der Waals surface area contributed by atoms with Gasteiger partial charge in [-0.3, -0.25) is 9.59 Å². The lowest BCUT2D eigenvalue weighted by molar-refractivity contribution is -0.124. The molecule has 1 saturated heterocycles. The highest BCUT2D eigenvalue weighted by Crippen LogP contribution is 2.49. The summed E-state index contributed by atoms with van der Waals surface area (Å²) in [5.41, 5.74) is 2.32. The smallest absolute Gasteiger partial charge is 0.248 e. The summed E-state index contributed by atoms with van der Waals surface area (Å²) in [7, 11) is 0. The van der Waals surface area contributed by atoms with Crippen molar-refractivity contribution in [3.63, 3.8) is 0 Å². The summed E-state index contributed by atoms with van der Waals surface area (Å²) < 4.78 is 0. The number of nitrogens with one attached hydrogen (secondary N) is 2. The van der Waals surface area contributed by atoms with E-state index in [0.29, 0.717) is 0 Å². The van der Waals surface area contributed by atoms with Crippen LogP contribution in [0.2, 0.25) is 0 Å². The molecule has 0 radical (unpaired) electrons. The van der Waals surface area contributed by atoms with Gasteiger partial charge in [0.2, 0.25) is 11.5 Å². The summed E-state index contributed by atoms with van der Waals surface area (Å²) in [6, 6.07) is 19.6. The monoisotopic (exact) mass is 435 g/mol. The van der Waals surface area contributed by atoms with E-state index in [1.54, 1.807) is 0 Å². The lowest BCUT2D eigenvalue weighted by atomic mass is 9.93. The number of aromatic amines is 1. The third kappa shape index (κ3) is 4.41. The molecule has 1 aliphatic carbocycles. The first kappa shape index (κ1) is 21.7. The van der Waals surface area contributed by atoms with Gasteiger partial charge in [0.05, 0.1) is 11.5 Å². The minimum absolute atomic E-state index is 0. The molecule has 3 aromatic rings. The van der Waals surface area contributed by atoms with E-state index in [1.807, 2.05) is 42.5 Å². The Balaban J connectivity index is 0.00000231. The second-order valence-electron chi connectivity index (χ2n) is 8.65. The number of rotatable bonds is 6. The molecule has 1 aliphatic heterocycles. The third-order valence-electron chi connectivity index (χ3n) is 6.61. The number of fused-ring (bicyclic) bond motifs is 1. The molecule has 1 amide bonds. The number of likely N-dealkylation sites (tertiary alicyclic amines) is 1. The second kappa shape index (κ2) is 8.89. The van der Waals surface area contributed by atoms with Crippen LogP contribution in [0.5, 0.6) is 0 Å². The van der Waals surface area contributed by atoms with Crippen molar-refractivity contribution in [3.8, 4) is 0 Å². The highest BCUT2D eigenvalue weighted by atomic mass is 32.1. The number of hydrogen-bond acceptors (Lipinski definition) is 3. The van der Waals surface area contributed by atoms with Crippen LogP contribution in [-0.2, 0) is 10.2 Å². The normalized spacial score (nSPS) is 18.3. The molecule has 6 heteroatoms. The van der Waals surface area contributed by atoms with E-state index in [-0.39, 0.29) is 31.0 Å². The van der Waals surface area contributed by atoms with Crippen molar-refractivity contribution in [3.05, 3.63) is 82.1 Å². The highest BCUT2D eigenvalue weighted by Gasteiger charge is 2.51. The van der Waals surface area contributed by atoms with Crippen molar-refractivity contribution < 1.29 is 4.79 Å². The number of H-pyrrole nitrogens is 1. The van der Waals surface area contributed by atoms with E-state index in [4.69, 9.17) is 0 Å². The Morgan fingerprint density at radius 1 is 1.03 bits per heavy atom. The van der Waals surface area contributed by atoms with Crippen LogP contribution in [0.4, 0.5) is 0 Å². The molecule has 1 saturated carbocycles. The molecule has 2 aromatic carbocycles. The number of benzene rings is 2. The molecule has 5 rings (SSSR count). The zero-order valence-electron chi connectivity index (χ0n) is 17.6. The molecule has 0 unspecified atom stereocenters. The molecular weight excluding hydrogens is 406 g/mol. The van der Waals surface area contributed by atoms with E-state index in [1.165, 1.54) is 18.9 Å². The van der Waals surface area contributed by atoms with Gasteiger partial charge in [0, 0.05) is 18.1 Å². The molecule has 0 spiro atoms. The Labute approximate surface area is 189 Å². The molecule has 5 nitrogen and oxygen atoms in total. The molecule has 31 heavy (non-hydrogen) atoms. The van der Waals surface area contributed by atoms with Crippen molar-refractivity contribution in [2.75, 3.05) is 19.6 Å². The zero-order chi connectivity index (χ0) is 20.6. The van der Waals surface area contributed by atoms with Crippen LogP contribution in [0.1, 0.15) is 42.9 Å². The molecular formula is C25H29N3O2S. The van der Waals surface area contributed by atoms with Gasteiger partial charge in [0.25, 0.3) is 0 Å². The molecule has 162 valence electrons. The van der Waals surface area contributed by atoms with Gasteiger partial charge >= 0.3 is 0 Å². The predicted octanol–water partition coefficient (Wildman–Crippen LogP) is 3.63. The van der Waals surface area contributed by atoms with Crippen LogP contribution in [0.15, 0.2) is 65.5 Å². The maximum absolute atomic E-state index is 13.5. The van der Waals surface area contributed by atoms with Crippen molar-refractivity contribution in [1.82, 2.24) is 15.2 Å². The fourth-order valence-corrected chi connectivity index (χ4v) is 4.66. The first-order chi connectivity index (χ1) is 14.6. The Morgan fingerprint density at radius 3 is 2.45 bits per heavy atom. The summed E-state index contributed by atoms with van der Waals surface area (Å²) in [5, 5.41) is 4.35. The van der Waals surface area contributed by atoms with Gasteiger partial charge in [-0.15, -0.1) is 0 Å². The van der Waals surface area contributed by atoms with E-state index >= 15 is 0 Å². The topological polar surface area (TPSA) is 65.2 Å². The Morgan fingerprint density at radius 2 is 1.74 bits per heavy atom. The lowest BCUT2D eigenvalue weighted by Gasteiger charge is -2.27. The number of carbonyl (C=O) groups excluding carboxylic acids is 1. The summed E-state index contributed by atoms with van der Waals surface area (Å²) >= 11 is 0. The van der Waals surface area contributed by atoms with Crippen LogP contribution in [0.25, 0.3) is 10.9 Å². The van der Waals surface area contributed by atoms with Gasteiger partial charge < -0.3 is 15.2 Å². The number of nitrogens with zero attached hydrogens (tertiary/aromatic N) is 1. The standard InChI is InChI=1S/C25H27N3O2.H2S/c29-23-11-9-19-8-10-20(16-21(19)26-23)25(12-13-25)24(30)27-22(17-28-14-4-5-15-28)18-6-2-1-3-7-18;/h1-3,6-11,16,22H,4-5,12-15,17H2,(H,26,29)(H,27,30);1H2/t22-;/m1./s1.